The van der Waals surface area contributed by atoms with E-state index in [2.05, 4.69) is 5.32 Å². The van der Waals surface area contributed by atoms with Crippen molar-refractivity contribution in [2.45, 2.75) is 18.4 Å². The van der Waals surface area contributed by atoms with Crippen molar-refractivity contribution >= 4 is 44.8 Å². The lowest BCUT2D eigenvalue weighted by Crippen LogP contribution is -2.41. The van der Waals surface area contributed by atoms with Crippen LogP contribution in [0, 0.1) is 6.92 Å². The average molecular weight is 604 g/mol. The molecule has 0 saturated carbocycles. The number of hydrogen-bond acceptors (Lipinski definition) is 5. The van der Waals surface area contributed by atoms with Crippen molar-refractivity contribution in [1.29, 1.82) is 0 Å². The van der Waals surface area contributed by atoms with Crippen molar-refractivity contribution in [3.05, 3.63) is 124 Å². The Morgan fingerprint density at radius 2 is 1.57 bits per heavy atom. The maximum Gasteiger partial charge on any atom is 0.264 e. The first-order chi connectivity index (χ1) is 20.2. The fourth-order valence-electron chi connectivity index (χ4n) is 4.71. The van der Waals surface area contributed by atoms with Crippen molar-refractivity contribution in [3.63, 3.8) is 0 Å². The molecule has 1 aliphatic rings. The molecule has 0 spiro atoms. The highest BCUT2D eigenvalue weighted by atomic mass is 35.5. The van der Waals surface area contributed by atoms with Crippen LogP contribution in [0.15, 0.2) is 102 Å². The standard InChI is InChI=1S/C32H30ClN3O5S/c1-23-11-16-26(33)21-30(23)36(42(39,40)27-7-3-2-4-8-27)22-24-12-14-25(15-13-24)31(37)34-29-10-6-5-9-28(29)32(38)35-17-19-41-20-18-35/h2-16,21H,17-20,22H2,1H3,(H,34,37). The van der Waals surface area contributed by atoms with Gasteiger partial charge < -0.3 is 15.0 Å². The highest BCUT2D eigenvalue weighted by Crippen LogP contribution is 2.31. The molecule has 5 rings (SSSR count). The number of ether oxygens (including phenoxy) is 1. The van der Waals surface area contributed by atoms with Crippen LogP contribution in [0.4, 0.5) is 11.4 Å². The summed E-state index contributed by atoms with van der Waals surface area (Å²) in [5.41, 5.74) is 3.08. The summed E-state index contributed by atoms with van der Waals surface area (Å²) in [6.45, 7) is 3.80. The summed E-state index contributed by atoms with van der Waals surface area (Å²) in [6.07, 6.45) is 0. The summed E-state index contributed by atoms with van der Waals surface area (Å²) in [5.74, 6) is -0.552. The van der Waals surface area contributed by atoms with E-state index in [4.69, 9.17) is 16.3 Å². The summed E-state index contributed by atoms with van der Waals surface area (Å²) in [4.78, 5) is 28.1. The van der Waals surface area contributed by atoms with Gasteiger partial charge in [0.2, 0.25) is 0 Å². The number of benzene rings is 4. The second-order valence-electron chi connectivity index (χ2n) is 9.86. The molecule has 0 atom stereocenters. The third-order valence-corrected chi connectivity index (χ3v) is 9.03. The van der Waals surface area contributed by atoms with E-state index in [9.17, 15) is 18.0 Å². The number of halogens is 1. The van der Waals surface area contributed by atoms with E-state index >= 15 is 0 Å². The first-order valence-corrected chi connectivity index (χ1v) is 15.3. The predicted octanol–water partition coefficient (Wildman–Crippen LogP) is 5.77. The summed E-state index contributed by atoms with van der Waals surface area (Å²) < 4.78 is 34.2. The molecular formula is C32H30ClN3O5S. The zero-order chi connectivity index (χ0) is 29.7. The zero-order valence-electron chi connectivity index (χ0n) is 23.0. The van der Waals surface area contributed by atoms with Crippen molar-refractivity contribution in [2.24, 2.45) is 0 Å². The van der Waals surface area contributed by atoms with Gasteiger partial charge in [0.1, 0.15) is 0 Å². The molecule has 4 aromatic carbocycles. The van der Waals surface area contributed by atoms with Crippen LogP contribution in [0.2, 0.25) is 5.02 Å². The molecule has 2 amide bonds. The number of hydrogen-bond donors (Lipinski definition) is 1. The maximum atomic E-state index is 13.8. The monoisotopic (exact) mass is 603 g/mol. The van der Waals surface area contributed by atoms with Crippen molar-refractivity contribution in [3.8, 4) is 0 Å². The molecular weight excluding hydrogens is 574 g/mol. The number of anilines is 2. The van der Waals surface area contributed by atoms with Crippen molar-refractivity contribution < 1.29 is 22.7 Å². The van der Waals surface area contributed by atoms with E-state index in [1.165, 1.54) is 4.31 Å². The molecule has 10 heteroatoms. The Kier molecular flexibility index (Phi) is 8.91. The van der Waals surface area contributed by atoms with E-state index < -0.39 is 10.0 Å². The third kappa shape index (κ3) is 6.49. The highest BCUT2D eigenvalue weighted by Gasteiger charge is 2.27. The molecule has 1 fully saturated rings. The largest absolute Gasteiger partial charge is 0.378 e. The van der Waals surface area contributed by atoms with Crippen LogP contribution < -0.4 is 9.62 Å². The van der Waals surface area contributed by atoms with Gasteiger partial charge in [-0.2, -0.15) is 0 Å². The second kappa shape index (κ2) is 12.8. The van der Waals surface area contributed by atoms with Crippen LogP contribution in [0.3, 0.4) is 0 Å². The number of aryl methyl sites for hydroxylation is 1. The number of carbonyl (C=O) groups is 2. The molecule has 8 nitrogen and oxygen atoms in total. The van der Waals surface area contributed by atoms with Crippen LogP contribution >= 0.6 is 11.6 Å². The van der Waals surface area contributed by atoms with Crippen LogP contribution in [0.5, 0.6) is 0 Å². The number of rotatable bonds is 8. The molecule has 0 unspecified atom stereocenters. The minimum atomic E-state index is -3.93. The summed E-state index contributed by atoms with van der Waals surface area (Å²) >= 11 is 6.26. The Bertz CT molecular complexity index is 1690. The van der Waals surface area contributed by atoms with Gasteiger partial charge in [-0.1, -0.05) is 60.1 Å². The summed E-state index contributed by atoms with van der Waals surface area (Å²) in [5, 5.41) is 3.27. The van der Waals surface area contributed by atoms with E-state index in [-0.39, 0.29) is 23.3 Å². The molecule has 1 N–H and O–H groups in total. The zero-order valence-corrected chi connectivity index (χ0v) is 24.6. The summed E-state index contributed by atoms with van der Waals surface area (Å²) in [6, 6.07) is 26.9. The fourth-order valence-corrected chi connectivity index (χ4v) is 6.40. The van der Waals surface area contributed by atoms with Crippen LogP contribution in [0.25, 0.3) is 0 Å². The molecule has 1 aliphatic heterocycles. The molecule has 216 valence electrons. The Morgan fingerprint density at radius 1 is 0.905 bits per heavy atom. The molecule has 0 aliphatic carbocycles. The number of para-hydroxylation sites is 1. The topological polar surface area (TPSA) is 96.0 Å². The highest BCUT2D eigenvalue weighted by molar-refractivity contribution is 7.92. The number of amides is 2. The smallest absolute Gasteiger partial charge is 0.264 e. The number of carbonyl (C=O) groups excluding carboxylic acids is 2. The Hall–Kier alpha value is -4.18. The first kappa shape index (κ1) is 29.3. The van der Waals surface area contributed by atoms with E-state index in [1.54, 1.807) is 102 Å². The van der Waals surface area contributed by atoms with Gasteiger partial charge in [-0.15, -0.1) is 0 Å². The molecule has 0 aromatic heterocycles. The van der Waals surface area contributed by atoms with Gasteiger partial charge in [-0.25, -0.2) is 8.42 Å². The van der Waals surface area contributed by atoms with Gasteiger partial charge in [0.05, 0.1) is 41.6 Å². The lowest BCUT2D eigenvalue weighted by atomic mass is 10.1. The lowest BCUT2D eigenvalue weighted by Gasteiger charge is -2.27. The predicted molar refractivity (Wildman–Crippen MR) is 164 cm³/mol. The minimum Gasteiger partial charge on any atom is -0.378 e. The molecule has 0 bridgehead atoms. The number of morpholine rings is 1. The van der Waals surface area contributed by atoms with Crippen LogP contribution in [-0.2, 0) is 21.3 Å². The van der Waals surface area contributed by atoms with Gasteiger partial charge in [-0.3, -0.25) is 13.9 Å². The van der Waals surface area contributed by atoms with Gasteiger partial charge in [0.25, 0.3) is 21.8 Å². The first-order valence-electron chi connectivity index (χ1n) is 13.4. The van der Waals surface area contributed by atoms with Crippen molar-refractivity contribution in [2.75, 3.05) is 35.9 Å². The second-order valence-corrected chi connectivity index (χ2v) is 12.2. The normalized spacial score (nSPS) is 13.4. The van der Waals surface area contributed by atoms with Gasteiger partial charge in [-0.05, 0) is 66.6 Å². The van der Waals surface area contributed by atoms with E-state index in [0.29, 0.717) is 59.4 Å². The SMILES string of the molecule is Cc1ccc(Cl)cc1N(Cc1ccc(C(=O)Nc2ccccc2C(=O)N2CCOCC2)cc1)S(=O)(=O)c1ccccc1. The molecule has 0 radical (unpaired) electrons. The fraction of sp³-hybridized carbons (Fsp3) is 0.188. The van der Waals surface area contributed by atoms with E-state index in [0.717, 1.165) is 5.56 Å². The van der Waals surface area contributed by atoms with Crippen LogP contribution in [0.1, 0.15) is 31.8 Å². The maximum absolute atomic E-state index is 13.8. The summed E-state index contributed by atoms with van der Waals surface area (Å²) in [7, 11) is -3.93. The average Bonchev–Trinajstić information content (AvgIpc) is 3.02. The Labute approximate surface area is 250 Å². The molecule has 1 heterocycles. The quantitative estimate of drug-likeness (QED) is 0.276. The van der Waals surface area contributed by atoms with Gasteiger partial charge >= 0.3 is 0 Å². The lowest BCUT2D eigenvalue weighted by molar-refractivity contribution is 0.0303. The van der Waals surface area contributed by atoms with Crippen molar-refractivity contribution in [1.82, 2.24) is 4.90 Å². The molecule has 1 saturated heterocycles. The van der Waals surface area contributed by atoms with E-state index in [1.807, 2.05) is 6.92 Å². The molecule has 4 aromatic rings. The number of nitrogens with one attached hydrogen (secondary N) is 1. The molecule has 42 heavy (non-hydrogen) atoms. The van der Waals surface area contributed by atoms with Crippen LogP contribution in [-0.4, -0.2) is 51.4 Å². The number of sulfonamides is 1. The third-order valence-electron chi connectivity index (χ3n) is 7.02. The Balaban J connectivity index is 1.38. The number of nitrogens with zero attached hydrogens (tertiary/aromatic N) is 2. The Morgan fingerprint density at radius 3 is 2.29 bits per heavy atom. The minimum absolute atomic E-state index is 0.0250. The van der Waals surface area contributed by atoms with Gasteiger partial charge in [0.15, 0.2) is 0 Å². The van der Waals surface area contributed by atoms with Gasteiger partial charge in [0, 0.05) is 23.7 Å².